The molecule has 1 atom stereocenters. The number of benzene rings is 1. The molecular weight excluding hydrogens is 312 g/mol. The van der Waals surface area contributed by atoms with Crippen molar-refractivity contribution in [3.8, 4) is 10.4 Å². The summed E-state index contributed by atoms with van der Waals surface area (Å²) >= 11 is 5.02. The van der Waals surface area contributed by atoms with E-state index in [2.05, 4.69) is 22.0 Å². The van der Waals surface area contributed by atoms with Gasteiger partial charge in [-0.25, -0.2) is 0 Å². The molecule has 0 radical (unpaired) electrons. The van der Waals surface area contributed by atoms with E-state index in [4.69, 9.17) is 5.11 Å². The molecule has 4 heteroatoms. The Labute approximate surface area is 118 Å². The Kier molecular flexibility index (Phi) is 3.88. The number of aliphatic carboxylic acids is 1. The lowest BCUT2D eigenvalue weighted by Crippen LogP contribution is -2.04. The van der Waals surface area contributed by atoms with Crippen LogP contribution < -0.4 is 0 Å². The molecule has 0 amide bonds. The van der Waals surface area contributed by atoms with Crippen molar-refractivity contribution in [2.75, 3.05) is 0 Å². The zero-order valence-corrected chi connectivity index (χ0v) is 12.5. The normalized spacial score (nSPS) is 12.4. The van der Waals surface area contributed by atoms with Gasteiger partial charge in [0, 0.05) is 14.2 Å². The summed E-state index contributed by atoms with van der Waals surface area (Å²) in [5.41, 5.74) is 2.30. The summed E-state index contributed by atoms with van der Waals surface area (Å²) in [5, 5.41) is 9.00. The predicted molar refractivity (Wildman–Crippen MR) is 78.2 cm³/mol. The van der Waals surface area contributed by atoms with Crippen LogP contribution >= 0.6 is 27.3 Å². The van der Waals surface area contributed by atoms with Crippen LogP contribution in [-0.4, -0.2) is 11.1 Å². The third-order valence-electron chi connectivity index (χ3n) is 2.87. The summed E-state index contributed by atoms with van der Waals surface area (Å²) in [6.45, 7) is 3.76. The van der Waals surface area contributed by atoms with Crippen LogP contribution in [-0.2, 0) is 4.79 Å². The second-order valence-corrected chi connectivity index (χ2v) is 6.20. The van der Waals surface area contributed by atoms with Gasteiger partial charge >= 0.3 is 5.97 Å². The average molecular weight is 325 g/mol. The minimum atomic E-state index is -0.782. The fourth-order valence-electron chi connectivity index (χ4n) is 1.66. The lowest BCUT2D eigenvalue weighted by Gasteiger charge is -2.03. The van der Waals surface area contributed by atoms with Gasteiger partial charge in [-0.3, -0.25) is 4.79 Å². The summed E-state index contributed by atoms with van der Waals surface area (Å²) < 4.78 is 1.09. The first-order valence-electron chi connectivity index (χ1n) is 5.58. The Hall–Kier alpha value is -1.13. The van der Waals surface area contributed by atoms with E-state index in [-0.39, 0.29) is 0 Å². The Morgan fingerprint density at radius 1 is 1.33 bits per heavy atom. The van der Waals surface area contributed by atoms with Gasteiger partial charge in [-0.05, 0) is 49.2 Å². The second-order valence-electron chi connectivity index (χ2n) is 4.23. The highest BCUT2D eigenvalue weighted by Crippen LogP contribution is 2.33. The summed E-state index contributed by atoms with van der Waals surface area (Å²) in [7, 11) is 0. The standard InChI is InChI=1S/C14H13BrO2S/c1-8-7-10(3-4-11(8)15)13-6-5-12(18-13)9(2)14(16)17/h3-7,9H,1-2H3,(H,16,17). The zero-order chi connectivity index (χ0) is 13.3. The van der Waals surface area contributed by atoms with E-state index in [0.29, 0.717) is 0 Å². The fourth-order valence-corrected chi connectivity index (χ4v) is 2.96. The minimum absolute atomic E-state index is 0.444. The monoisotopic (exact) mass is 324 g/mol. The highest BCUT2D eigenvalue weighted by Gasteiger charge is 2.16. The Morgan fingerprint density at radius 2 is 2.06 bits per heavy atom. The molecule has 0 aliphatic rings. The van der Waals surface area contributed by atoms with Crippen LogP contribution in [0.1, 0.15) is 23.3 Å². The molecule has 94 valence electrons. The SMILES string of the molecule is Cc1cc(-c2ccc(C(C)C(=O)O)s2)ccc1Br. The average Bonchev–Trinajstić information content (AvgIpc) is 2.81. The Bertz CT molecular complexity index is 589. The van der Waals surface area contributed by atoms with Gasteiger partial charge in [-0.2, -0.15) is 0 Å². The molecule has 0 fully saturated rings. The van der Waals surface area contributed by atoms with Crippen LogP contribution in [0.15, 0.2) is 34.8 Å². The van der Waals surface area contributed by atoms with Crippen molar-refractivity contribution in [2.45, 2.75) is 19.8 Å². The minimum Gasteiger partial charge on any atom is -0.481 e. The molecule has 2 rings (SSSR count). The van der Waals surface area contributed by atoms with Gasteiger partial charge in [0.1, 0.15) is 0 Å². The summed E-state index contributed by atoms with van der Waals surface area (Å²) in [6, 6.07) is 10.0. The number of carboxylic acids is 1. The van der Waals surface area contributed by atoms with E-state index in [0.717, 1.165) is 19.8 Å². The lowest BCUT2D eigenvalue weighted by atomic mass is 10.1. The summed E-state index contributed by atoms with van der Waals surface area (Å²) in [4.78, 5) is 12.9. The van der Waals surface area contributed by atoms with E-state index < -0.39 is 11.9 Å². The van der Waals surface area contributed by atoms with Gasteiger partial charge in [-0.15, -0.1) is 11.3 Å². The van der Waals surface area contributed by atoms with Gasteiger partial charge in [-0.1, -0.05) is 22.0 Å². The van der Waals surface area contributed by atoms with Gasteiger partial charge in [0.25, 0.3) is 0 Å². The van der Waals surface area contributed by atoms with Crippen molar-refractivity contribution in [1.82, 2.24) is 0 Å². The number of thiophene rings is 1. The third-order valence-corrected chi connectivity index (χ3v) is 5.07. The van der Waals surface area contributed by atoms with Gasteiger partial charge in [0.05, 0.1) is 5.92 Å². The van der Waals surface area contributed by atoms with Gasteiger partial charge in [0.2, 0.25) is 0 Å². The molecule has 0 saturated heterocycles. The van der Waals surface area contributed by atoms with Gasteiger partial charge in [0.15, 0.2) is 0 Å². The molecule has 2 aromatic rings. The molecule has 0 aliphatic carbocycles. The predicted octanol–water partition coefficient (Wildman–Crippen LogP) is 4.67. The van der Waals surface area contributed by atoms with E-state index in [1.54, 1.807) is 18.3 Å². The fraction of sp³-hybridized carbons (Fsp3) is 0.214. The summed E-state index contributed by atoms with van der Waals surface area (Å²) in [6.07, 6.45) is 0. The molecule has 1 heterocycles. The summed E-state index contributed by atoms with van der Waals surface area (Å²) in [5.74, 6) is -1.23. The van der Waals surface area contributed by atoms with Crippen molar-refractivity contribution in [3.63, 3.8) is 0 Å². The van der Waals surface area contributed by atoms with Crippen molar-refractivity contribution >= 4 is 33.2 Å². The maximum absolute atomic E-state index is 10.9. The number of rotatable bonds is 3. The molecule has 1 aromatic heterocycles. The number of hydrogen-bond donors (Lipinski definition) is 1. The molecule has 0 aliphatic heterocycles. The molecule has 0 saturated carbocycles. The topological polar surface area (TPSA) is 37.3 Å². The highest BCUT2D eigenvalue weighted by molar-refractivity contribution is 9.10. The number of hydrogen-bond acceptors (Lipinski definition) is 2. The van der Waals surface area contributed by atoms with Crippen LogP contribution in [0, 0.1) is 6.92 Å². The van der Waals surface area contributed by atoms with Crippen molar-refractivity contribution < 1.29 is 9.90 Å². The number of carboxylic acid groups (broad SMARTS) is 1. The van der Waals surface area contributed by atoms with E-state index in [1.807, 2.05) is 31.2 Å². The lowest BCUT2D eigenvalue weighted by molar-refractivity contribution is -0.138. The highest BCUT2D eigenvalue weighted by atomic mass is 79.9. The molecule has 2 nitrogen and oxygen atoms in total. The maximum Gasteiger partial charge on any atom is 0.311 e. The molecule has 1 unspecified atom stereocenters. The van der Waals surface area contributed by atoms with Crippen LogP contribution in [0.5, 0.6) is 0 Å². The first-order valence-corrected chi connectivity index (χ1v) is 7.19. The van der Waals surface area contributed by atoms with Crippen LogP contribution in [0.3, 0.4) is 0 Å². The van der Waals surface area contributed by atoms with E-state index >= 15 is 0 Å². The van der Waals surface area contributed by atoms with E-state index in [1.165, 1.54) is 5.56 Å². The van der Waals surface area contributed by atoms with Crippen LogP contribution in [0.2, 0.25) is 0 Å². The van der Waals surface area contributed by atoms with Crippen molar-refractivity contribution in [1.29, 1.82) is 0 Å². The molecule has 18 heavy (non-hydrogen) atoms. The van der Waals surface area contributed by atoms with Crippen LogP contribution in [0.25, 0.3) is 10.4 Å². The number of carbonyl (C=O) groups is 1. The van der Waals surface area contributed by atoms with E-state index in [9.17, 15) is 4.79 Å². The second kappa shape index (κ2) is 5.24. The zero-order valence-electron chi connectivity index (χ0n) is 10.1. The van der Waals surface area contributed by atoms with Crippen LogP contribution in [0.4, 0.5) is 0 Å². The van der Waals surface area contributed by atoms with Crippen molar-refractivity contribution in [2.24, 2.45) is 0 Å². The first kappa shape index (κ1) is 13.3. The van der Waals surface area contributed by atoms with Crippen molar-refractivity contribution in [3.05, 3.63) is 45.2 Å². The molecule has 1 N–H and O–H groups in total. The maximum atomic E-state index is 10.9. The Balaban J connectivity index is 2.35. The number of aryl methyl sites for hydroxylation is 1. The van der Waals surface area contributed by atoms with Gasteiger partial charge < -0.3 is 5.11 Å². The largest absolute Gasteiger partial charge is 0.481 e. The molecule has 0 bridgehead atoms. The molecule has 0 spiro atoms. The molecule has 1 aromatic carbocycles. The quantitative estimate of drug-likeness (QED) is 0.890. The Morgan fingerprint density at radius 3 is 2.67 bits per heavy atom. The number of halogens is 1. The smallest absolute Gasteiger partial charge is 0.311 e. The third kappa shape index (κ3) is 2.65. The molecular formula is C14H13BrO2S. The first-order chi connectivity index (χ1) is 8.49.